The Labute approximate surface area is 139 Å². The highest BCUT2D eigenvalue weighted by Gasteiger charge is 2.75. The number of hydrogen-bond acceptors (Lipinski definition) is 4. The molecule has 4 amide bonds. The van der Waals surface area contributed by atoms with Crippen molar-refractivity contribution in [1.29, 1.82) is 0 Å². The van der Waals surface area contributed by atoms with E-state index in [9.17, 15) is 19.2 Å². The zero-order valence-electron chi connectivity index (χ0n) is 13.7. The van der Waals surface area contributed by atoms with Crippen molar-refractivity contribution in [2.75, 3.05) is 0 Å². The van der Waals surface area contributed by atoms with E-state index >= 15 is 0 Å². The molecule has 5 unspecified atom stereocenters. The van der Waals surface area contributed by atoms with E-state index in [2.05, 4.69) is 17.6 Å². The maximum Gasteiger partial charge on any atom is 0.231 e. The average Bonchev–Trinajstić information content (AvgIpc) is 2.98. The van der Waals surface area contributed by atoms with E-state index in [1.807, 2.05) is 6.92 Å². The molecule has 4 aliphatic carbocycles. The van der Waals surface area contributed by atoms with E-state index in [4.69, 9.17) is 0 Å². The van der Waals surface area contributed by atoms with Gasteiger partial charge in [-0.05, 0) is 32.1 Å². The van der Waals surface area contributed by atoms with Crippen LogP contribution in [0, 0.1) is 40.9 Å². The fourth-order valence-electron chi connectivity index (χ4n) is 6.82. The Balaban J connectivity index is 1.83. The number of imide groups is 2. The summed E-state index contributed by atoms with van der Waals surface area (Å²) in [5, 5.41) is 4.99. The fraction of sp³-hybridized carbons (Fsp3) is 0.667. The molecule has 4 fully saturated rings. The van der Waals surface area contributed by atoms with Gasteiger partial charge in [0.05, 0.1) is 23.7 Å². The molecule has 24 heavy (non-hydrogen) atoms. The molecule has 1 spiro atoms. The van der Waals surface area contributed by atoms with Gasteiger partial charge < -0.3 is 0 Å². The number of hydrogen-bond donors (Lipinski definition) is 2. The van der Waals surface area contributed by atoms with Gasteiger partial charge in [0.1, 0.15) is 0 Å². The SMILES string of the molecule is CC1=C2CCC(C)CC23C2C(=O)NC(=O)C2C1C1C(=O)NC(=O)C13. The van der Waals surface area contributed by atoms with Crippen molar-refractivity contribution < 1.29 is 19.2 Å². The monoisotopic (exact) mass is 328 g/mol. The third-order valence-electron chi connectivity index (χ3n) is 7.38. The van der Waals surface area contributed by atoms with Crippen LogP contribution in [-0.2, 0) is 19.2 Å². The van der Waals surface area contributed by atoms with Gasteiger partial charge in [0.15, 0.2) is 0 Å². The third-order valence-corrected chi connectivity index (χ3v) is 7.38. The number of carbonyl (C=O) groups is 4. The lowest BCUT2D eigenvalue weighted by atomic mass is 9.39. The van der Waals surface area contributed by atoms with Crippen LogP contribution in [0.15, 0.2) is 11.1 Å². The molecule has 2 saturated heterocycles. The summed E-state index contributed by atoms with van der Waals surface area (Å²) in [7, 11) is 0. The molecule has 0 aromatic rings. The van der Waals surface area contributed by atoms with E-state index in [-0.39, 0.29) is 29.5 Å². The summed E-state index contributed by atoms with van der Waals surface area (Å²) in [5.74, 6) is -2.96. The van der Waals surface area contributed by atoms with Gasteiger partial charge in [-0.15, -0.1) is 0 Å². The predicted molar refractivity (Wildman–Crippen MR) is 81.9 cm³/mol. The number of allylic oxidation sites excluding steroid dienone is 2. The second-order valence-electron chi connectivity index (χ2n) is 8.29. The number of amides is 4. The smallest absolute Gasteiger partial charge is 0.231 e. The van der Waals surface area contributed by atoms with Crippen molar-refractivity contribution in [3.63, 3.8) is 0 Å². The summed E-state index contributed by atoms with van der Waals surface area (Å²) in [6.07, 6.45) is 2.59. The second kappa shape index (κ2) is 4.16. The molecule has 6 nitrogen and oxygen atoms in total. The molecule has 0 radical (unpaired) electrons. The van der Waals surface area contributed by atoms with Crippen molar-refractivity contribution in [3.05, 3.63) is 11.1 Å². The number of carbonyl (C=O) groups excluding carboxylic acids is 4. The molecule has 2 saturated carbocycles. The average molecular weight is 328 g/mol. The minimum absolute atomic E-state index is 0.250. The molecule has 2 aliphatic heterocycles. The molecule has 0 aromatic carbocycles. The van der Waals surface area contributed by atoms with E-state index in [0.717, 1.165) is 18.4 Å². The first-order valence-corrected chi connectivity index (χ1v) is 8.77. The lowest BCUT2D eigenvalue weighted by Crippen LogP contribution is -2.62. The van der Waals surface area contributed by atoms with Crippen LogP contribution in [0.4, 0.5) is 0 Å². The Hall–Kier alpha value is -1.98. The quantitative estimate of drug-likeness (QED) is 0.501. The fourth-order valence-corrected chi connectivity index (χ4v) is 6.82. The molecule has 126 valence electrons. The maximum absolute atomic E-state index is 12.7. The topological polar surface area (TPSA) is 92.3 Å². The summed E-state index contributed by atoms with van der Waals surface area (Å²) in [6.45, 7) is 4.14. The zero-order valence-corrected chi connectivity index (χ0v) is 13.7. The molecule has 6 heteroatoms. The van der Waals surface area contributed by atoms with Crippen LogP contribution in [0.5, 0.6) is 0 Å². The molecule has 2 bridgehead atoms. The van der Waals surface area contributed by atoms with Gasteiger partial charge in [0, 0.05) is 11.3 Å². The largest absolute Gasteiger partial charge is 0.296 e. The summed E-state index contributed by atoms with van der Waals surface area (Å²) in [4.78, 5) is 50.4. The van der Waals surface area contributed by atoms with Gasteiger partial charge in [-0.1, -0.05) is 18.1 Å². The maximum atomic E-state index is 12.7. The highest BCUT2D eigenvalue weighted by molar-refractivity contribution is 6.11. The van der Waals surface area contributed by atoms with Crippen molar-refractivity contribution in [2.24, 2.45) is 40.9 Å². The van der Waals surface area contributed by atoms with Crippen LogP contribution in [-0.4, -0.2) is 23.6 Å². The minimum atomic E-state index is -0.654. The lowest BCUT2D eigenvalue weighted by molar-refractivity contribution is -0.153. The summed E-state index contributed by atoms with van der Waals surface area (Å²) in [6, 6.07) is 0. The van der Waals surface area contributed by atoms with E-state index < -0.39 is 29.1 Å². The Morgan fingerprint density at radius 3 is 1.96 bits per heavy atom. The third kappa shape index (κ3) is 1.32. The summed E-state index contributed by atoms with van der Waals surface area (Å²) >= 11 is 0. The molecule has 5 atom stereocenters. The van der Waals surface area contributed by atoms with E-state index in [0.29, 0.717) is 12.3 Å². The van der Waals surface area contributed by atoms with Gasteiger partial charge >= 0.3 is 0 Å². The van der Waals surface area contributed by atoms with E-state index in [1.54, 1.807) is 0 Å². The van der Waals surface area contributed by atoms with Crippen LogP contribution in [0.2, 0.25) is 0 Å². The predicted octanol–water partition coefficient (Wildman–Crippen LogP) is 0.530. The number of nitrogens with one attached hydrogen (secondary N) is 2. The Morgan fingerprint density at radius 1 is 0.875 bits per heavy atom. The van der Waals surface area contributed by atoms with Crippen LogP contribution < -0.4 is 10.6 Å². The first-order chi connectivity index (χ1) is 11.4. The first kappa shape index (κ1) is 14.4. The Bertz CT molecular complexity index is 725. The molecular weight excluding hydrogens is 308 g/mol. The van der Waals surface area contributed by atoms with Crippen LogP contribution >= 0.6 is 0 Å². The zero-order chi connectivity index (χ0) is 17.0. The molecule has 2 N–H and O–H groups in total. The van der Waals surface area contributed by atoms with Crippen LogP contribution in [0.25, 0.3) is 0 Å². The standard InChI is InChI=1S/C18H20N2O4/c1-6-3-4-8-7(2)9-10-12(16(23)19-14(10)21)18(8,5-6)13-11(9)15(22)20-17(13)24/h6,9-13H,3-5H2,1-2H3,(H,19,21,23)(H,20,22,24). The highest BCUT2D eigenvalue weighted by atomic mass is 16.2. The van der Waals surface area contributed by atoms with Gasteiger partial charge in [0.25, 0.3) is 0 Å². The van der Waals surface area contributed by atoms with Gasteiger partial charge in [-0.2, -0.15) is 0 Å². The van der Waals surface area contributed by atoms with Crippen molar-refractivity contribution in [3.8, 4) is 0 Å². The minimum Gasteiger partial charge on any atom is -0.296 e. The molecular formula is C18H20N2O4. The van der Waals surface area contributed by atoms with Gasteiger partial charge in [0.2, 0.25) is 23.6 Å². The second-order valence-corrected chi connectivity index (χ2v) is 8.29. The lowest BCUT2D eigenvalue weighted by Gasteiger charge is -2.61. The van der Waals surface area contributed by atoms with Crippen molar-refractivity contribution >= 4 is 23.6 Å². The molecule has 6 rings (SSSR count). The van der Waals surface area contributed by atoms with Crippen LogP contribution in [0.1, 0.15) is 33.1 Å². The number of rotatable bonds is 0. The summed E-state index contributed by atoms with van der Waals surface area (Å²) < 4.78 is 0. The normalized spacial score (nSPS) is 48.9. The molecule has 0 aromatic heterocycles. The Morgan fingerprint density at radius 2 is 1.42 bits per heavy atom. The van der Waals surface area contributed by atoms with Gasteiger partial charge in [-0.3, -0.25) is 29.8 Å². The molecule has 6 aliphatic rings. The molecule has 2 heterocycles. The summed E-state index contributed by atoms with van der Waals surface area (Å²) in [5.41, 5.74) is 1.61. The first-order valence-electron chi connectivity index (χ1n) is 8.77. The van der Waals surface area contributed by atoms with Crippen LogP contribution in [0.3, 0.4) is 0 Å². The van der Waals surface area contributed by atoms with Crippen molar-refractivity contribution in [1.82, 2.24) is 10.6 Å². The van der Waals surface area contributed by atoms with Crippen molar-refractivity contribution in [2.45, 2.75) is 33.1 Å². The van der Waals surface area contributed by atoms with E-state index in [1.165, 1.54) is 5.57 Å². The highest BCUT2D eigenvalue weighted by Crippen LogP contribution is 2.70. The van der Waals surface area contributed by atoms with Gasteiger partial charge in [-0.25, -0.2) is 0 Å². The Kier molecular flexibility index (Phi) is 2.49.